The third kappa shape index (κ3) is 5.77. The lowest BCUT2D eigenvalue weighted by Gasteiger charge is -2.07. The summed E-state index contributed by atoms with van der Waals surface area (Å²) in [5.74, 6) is -0.312. The first-order valence-corrected chi connectivity index (χ1v) is 6.25. The lowest BCUT2D eigenvalue weighted by Crippen LogP contribution is -2.07. The van der Waals surface area contributed by atoms with Crippen LogP contribution in [0.2, 0.25) is 0 Å². The van der Waals surface area contributed by atoms with Gasteiger partial charge in [-0.05, 0) is 30.5 Å². The van der Waals surface area contributed by atoms with Crippen molar-refractivity contribution in [3.8, 4) is 0 Å². The third-order valence-electron chi connectivity index (χ3n) is 2.66. The van der Waals surface area contributed by atoms with Crippen molar-refractivity contribution in [3.05, 3.63) is 35.4 Å². The van der Waals surface area contributed by atoms with E-state index in [1.54, 1.807) is 0 Å². The van der Waals surface area contributed by atoms with E-state index in [-0.39, 0.29) is 12.4 Å². The van der Waals surface area contributed by atoms with Gasteiger partial charge in [0.05, 0.1) is 12.2 Å². The normalized spacial score (nSPS) is 11.4. The van der Waals surface area contributed by atoms with Gasteiger partial charge in [0, 0.05) is 6.42 Å². The third-order valence-corrected chi connectivity index (χ3v) is 2.66. The van der Waals surface area contributed by atoms with E-state index in [0.717, 1.165) is 25.0 Å². The molecule has 0 aliphatic carbocycles. The molecule has 0 fully saturated rings. The number of unbranched alkanes of at least 4 members (excludes halogenated alkanes) is 1. The summed E-state index contributed by atoms with van der Waals surface area (Å²) >= 11 is 0. The molecule has 0 unspecified atom stereocenters. The SMILES string of the molecule is CCCCOC(=O)CCc1ccc(C(F)(F)F)cc1. The number of esters is 1. The number of aryl methyl sites for hydroxylation is 1. The molecule has 1 aromatic rings. The highest BCUT2D eigenvalue weighted by atomic mass is 19.4. The number of carbonyl (C=O) groups is 1. The maximum atomic E-state index is 12.3. The van der Waals surface area contributed by atoms with Crippen LogP contribution in [0.1, 0.15) is 37.3 Å². The monoisotopic (exact) mass is 274 g/mol. The lowest BCUT2D eigenvalue weighted by molar-refractivity contribution is -0.143. The van der Waals surface area contributed by atoms with E-state index in [4.69, 9.17) is 4.74 Å². The predicted molar refractivity (Wildman–Crippen MR) is 65.6 cm³/mol. The molecular formula is C14H17F3O2. The van der Waals surface area contributed by atoms with Crippen LogP contribution in [0.3, 0.4) is 0 Å². The Bertz CT molecular complexity index is 396. The molecule has 1 rings (SSSR count). The highest BCUT2D eigenvalue weighted by Gasteiger charge is 2.29. The van der Waals surface area contributed by atoms with Crippen LogP contribution in [0.25, 0.3) is 0 Å². The maximum absolute atomic E-state index is 12.3. The number of rotatable bonds is 6. The molecule has 0 spiro atoms. The number of hydrogen-bond donors (Lipinski definition) is 0. The summed E-state index contributed by atoms with van der Waals surface area (Å²) in [6.07, 6.45) is -1.96. The first-order valence-electron chi connectivity index (χ1n) is 6.25. The second-order valence-corrected chi connectivity index (χ2v) is 4.27. The highest BCUT2D eigenvalue weighted by Crippen LogP contribution is 2.29. The van der Waals surface area contributed by atoms with Crippen LogP contribution < -0.4 is 0 Å². The topological polar surface area (TPSA) is 26.3 Å². The second-order valence-electron chi connectivity index (χ2n) is 4.27. The summed E-state index contributed by atoms with van der Waals surface area (Å²) in [6, 6.07) is 4.83. The van der Waals surface area contributed by atoms with Gasteiger partial charge < -0.3 is 4.74 Å². The molecule has 19 heavy (non-hydrogen) atoms. The molecule has 0 atom stereocenters. The quantitative estimate of drug-likeness (QED) is 0.579. The van der Waals surface area contributed by atoms with E-state index >= 15 is 0 Å². The second kappa shape index (κ2) is 7.16. The number of ether oxygens (including phenoxy) is 1. The fourth-order valence-corrected chi connectivity index (χ4v) is 1.51. The number of alkyl halides is 3. The average Bonchev–Trinajstić information content (AvgIpc) is 2.36. The zero-order valence-corrected chi connectivity index (χ0v) is 10.8. The predicted octanol–water partition coefficient (Wildman–Crippen LogP) is 3.98. The summed E-state index contributed by atoms with van der Waals surface area (Å²) in [6.45, 7) is 2.40. The van der Waals surface area contributed by atoms with Crippen molar-refractivity contribution in [2.75, 3.05) is 6.61 Å². The number of halogens is 3. The maximum Gasteiger partial charge on any atom is 0.416 e. The van der Waals surface area contributed by atoms with Crippen molar-refractivity contribution in [1.82, 2.24) is 0 Å². The van der Waals surface area contributed by atoms with Crippen molar-refractivity contribution >= 4 is 5.97 Å². The molecule has 0 radical (unpaired) electrons. The molecular weight excluding hydrogens is 257 g/mol. The van der Waals surface area contributed by atoms with Gasteiger partial charge in [-0.3, -0.25) is 4.79 Å². The van der Waals surface area contributed by atoms with Gasteiger partial charge >= 0.3 is 12.1 Å². The van der Waals surface area contributed by atoms with Crippen molar-refractivity contribution in [2.24, 2.45) is 0 Å². The minimum atomic E-state index is -4.32. The van der Waals surface area contributed by atoms with E-state index in [0.29, 0.717) is 18.6 Å². The van der Waals surface area contributed by atoms with Crippen LogP contribution in [0, 0.1) is 0 Å². The van der Waals surface area contributed by atoms with Gasteiger partial charge in [-0.2, -0.15) is 13.2 Å². The number of carbonyl (C=O) groups excluding carboxylic acids is 1. The Balaban J connectivity index is 2.40. The van der Waals surface area contributed by atoms with Crippen LogP contribution >= 0.6 is 0 Å². The summed E-state index contributed by atoms with van der Waals surface area (Å²) in [4.78, 5) is 11.3. The fraction of sp³-hybridized carbons (Fsp3) is 0.500. The Kier molecular flexibility index (Phi) is 5.86. The summed E-state index contributed by atoms with van der Waals surface area (Å²) in [5.41, 5.74) is 0.0159. The lowest BCUT2D eigenvalue weighted by atomic mass is 10.1. The first-order chi connectivity index (χ1) is 8.93. The van der Waals surface area contributed by atoms with E-state index < -0.39 is 11.7 Å². The average molecular weight is 274 g/mol. The summed E-state index contributed by atoms with van der Waals surface area (Å²) in [5, 5.41) is 0. The fourth-order valence-electron chi connectivity index (χ4n) is 1.51. The van der Waals surface area contributed by atoms with Gasteiger partial charge in [-0.1, -0.05) is 25.5 Å². The molecule has 1 aromatic carbocycles. The van der Waals surface area contributed by atoms with Crippen molar-refractivity contribution in [3.63, 3.8) is 0 Å². The number of benzene rings is 1. The smallest absolute Gasteiger partial charge is 0.416 e. The molecule has 0 saturated heterocycles. The van der Waals surface area contributed by atoms with Gasteiger partial charge in [-0.25, -0.2) is 0 Å². The minimum Gasteiger partial charge on any atom is -0.466 e. The zero-order chi connectivity index (χ0) is 14.3. The van der Waals surface area contributed by atoms with Gasteiger partial charge in [-0.15, -0.1) is 0 Å². The molecule has 0 amide bonds. The molecule has 0 saturated carbocycles. The molecule has 106 valence electrons. The van der Waals surface area contributed by atoms with Crippen LogP contribution in [0.4, 0.5) is 13.2 Å². The van der Waals surface area contributed by atoms with Gasteiger partial charge in [0.15, 0.2) is 0 Å². The van der Waals surface area contributed by atoms with Gasteiger partial charge in [0.2, 0.25) is 0 Å². The Labute approximate surface area is 110 Å². The Morgan fingerprint density at radius 2 is 1.84 bits per heavy atom. The standard InChI is InChI=1S/C14H17F3O2/c1-2-3-10-19-13(18)9-6-11-4-7-12(8-5-11)14(15,16)17/h4-5,7-8H,2-3,6,9-10H2,1H3. The Hall–Kier alpha value is -1.52. The van der Waals surface area contributed by atoms with E-state index in [9.17, 15) is 18.0 Å². The summed E-state index contributed by atoms with van der Waals surface area (Å²) in [7, 11) is 0. The van der Waals surface area contributed by atoms with E-state index in [2.05, 4.69) is 0 Å². The largest absolute Gasteiger partial charge is 0.466 e. The molecule has 0 heterocycles. The van der Waals surface area contributed by atoms with Crippen molar-refractivity contribution in [1.29, 1.82) is 0 Å². The van der Waals surface area contributed by atoms with Crippen LogP contribution in [0.15, 0.2) is 24.3 Å². The molecule has 0 aliphatic heterocycles. The Morgan fingerprint density at radius 3 is 2.37 bits per heavy atom. The molecule has 0 N–H and O–H groups in total. The molecule has 5 heteroatoms. The molecule has 0 aliphatic rings. The van der Waals surface area contributed by atoms with Crippen LogP contribution in [-0.4, -0.2) is 12.6 Å². The summed E-state index contributed by atoms with van der Waals surface area (Å²) < 4.78 is 42.0. The van der Waals surface area contributed by atoms with Crippen LogP contribution in [0.5, 0.6) is 0 Å². The van der Waals surface area contributed by atoms with Crippen molar-refractivity contribution < 1.29 is 22.7 Å². The zero-order valence-electron chi connectivity index (χ0n) is 10.8. The number of hydrogen-bond acceptors (Lipinski definition) is 2. The Morgan fingerprint density at radius 1 is 1.21 bits per heavy atom. The first kappa shape index (κ1) is 15.5. The molecule has 2 nitrogen and oxygen atoms in total. The molecule has 0 bridgehead atoms. The van der Waals surface area contributed by atoms with E-state index in [1.165, 1.54) is 12.1 Å². The van der Waals surface area contributed by atoms with Gasteiger partial charge in [0.25, 0.3) is 0 Å². The minimum absolute atomic E-state index is 0.190. The van der Waals surface area contributed by atoms with E-state index in [1.807, 2.05) is 6.92 Å². The van der Waals surface area contributed by atoms with Crippen LogP contribution in [-0.2, 0) is 22.1 Å². The molecule has 0 aromatic heterocycles. The highest BCUT2D eigenvalue weighted by molar-refractivity contribution is 5.69. The van der Waals surface area contributed by atoms with Gasteiger partial charge in [0.1, 0.15) is 0 Å². The van der Waals surface area contributed by atoms with Crippen molar-refractivity contribution in [2.45, 2.75) is 38.8 Å².